The van der Waals surface area contributed by atoms with Gasteiger partial charge in [0.1, 0.15) is 0 Å². The number of carbonyl (C=O) groups excluding carboxylic acids is 1. The predicted octanol–water partition coefficient (Wildman–Crippen LogP) is 2.76. The van der Waals surface area contributed by atoms with Crippen molar-refractivity contribution in [3.8, 4) is 0 Å². The molecular formula is C16H20N2O3S. The lowest BCUT2D eigenvalue weighted by atomic mass is 10.2. The molecule has 0 unspecified atom stereocenters. The van der Waals surface area contributed by atoms with Crippen LogP contribution in [-0.2, 0) is 10.0 Å². The van der Waals surface area contributed by atoms with Crippen LogP contribution < -0.4 is 4.72 Å². The molecule has 0 aliphatic heterocycles. The Morgan fingerprint density at radius 3 is 2.23 bits per heavy atom. The van der Waals surface area contributed by atoms with E-state index in [2.05, 4.69) is 13.2 Å². The van der Waals surface area contributed by atoms with Crippen molar-refractivity contribution in [1.29, 1.82) is 0 Å². The number of hydrogen-bond donors (Lipinski definition) is 1. The van der Waals surface area contributed by atoms with Crippen LogP contribution in [0.5, 0.6) is 0 Å². The van der Waals surface area contributed by atoms with Crippen molar-refractivity contribution in [2.75, 3.05) is 13.1 Å². The van der Waals surface area contributed by atoms with E-state index in [0.29, 0.717) is 0 Å². The molecule has 0 heterocycles. The molecule has 2 amide bonds. The maximum absolute atomic E-state index is 12.2. The van der Waals surface area contributed by atoms with Crippen LogP contribution in [-0.4, -0.2) is 32.4 Å². The van der Waals surface area contributed by atoms with Gasteiger partial charge in [-0.2, -0.15) is 0 Å². The molecule has 0 saturated heterocycles. The number of amides is 2. The molecule has 0 aliphatic rings. The average Bonchev–Trinajstić information content (AvgIpc) is 2.47. The second kappa shape index (κ2) is 8.19. The Bertz CT molecular complexity index is 654. The molecule has 0 radical (unpaired) electrons. The summed E-state index contributed by atoms with van der Waals surface area (Å²) in [5.74, 6) is 0. The van der Waals surface area contributed by atoms with Gasteiger partial charge in [-0.15, -0.1) is 13.2 Å². The molecule has 1 N–H and O–H groups in total. The number of nitrogens with zero attached hydrogens (tertiary/aromatic N) is 1. The summed E-state index contributed by atoms with van der Waals surface area (Å²) < 4.78 is 26.4. The Morgan fingerprint density at radius 1 is 1.18 bits per heavy atom. The lowest BCUT2D eigenvalue weighted by Crippen LogP contribution is -2.43. The van der Waals surface area contributed by atoms with Crippen LogP contribution in [0.15, 0.2) is 60.5 Å². The summed E-state index contributed by atoms with van der Waals surface area (Å²) in [7, 11) is -3.89. The van der Waals surface area contributed by atoms with Gasteiger partial charge in [0.05, 0.1) is 4.91 Å². The van der Waals surface area contributed by atoms with E-state index in [4.69, 9.17) is 0 Å². The molecule has 1 aromatic carbocycles. The highest BCUT2D eigenvalue weighted by atomic mass is 32.2. The summed E-state index contributed by atoms with van der Waals surface area (Å²) in [4.78, 5) is 13.4. The van der Waals surface area contributed by atoms with E-state index in [1.165, 1.54) is 30.1 Å². The zero-order valence-corrected chi connectivity index (χ0v) is 13.3. The molecule has 0 atom stereocenters. The first-order chi connectivity index (χ1) is 10.4. The van der Waals surface area contributed by atoms with Crippen LogP contribution >= 0.6 is 0 Å². The Kier molecular flexibility index (Phi) is 6.59. The normalized spacial score (nSPS) is 11.6. The van der Waals surface area contributed by atoms with Crippen LogP contribution in [0.2, 0.25) is 0 Å². The highest BCUT2D eigenvalue weighted by Crippen LogP contribution is 2.11. The van der Waals surface area contributed by atoms with E-state index >= 15 is 0 Å². The fraction of sp³-hybridized carbons (Fsp3) is 0.188. The van der Waals surface area contributed by atoms with Crippen molar-refractivity contribution in [3.63, 3.8) is 0 Å². The first-order valence-corrected chi connectivity index (χ1v) is 8.16. The average molecular weight is 320 g/mol. The van der Waals surface area contributed by atoms with Crippen LogP contribution in [0.25, 0.3) is 6.08 Å². The molecule has 0 fully saturated rings. The zero-order chi connectivity index (χ0) is 16.6. The van der Waals surface area contributed by atoms with Gasteiger partial charge in [0.15, 0.2) is 0 Å². The van der Waals surface area contributed by atoms with Crippen molar-refractivity contribution in [2.24, 2.45) is 0 Å². The van der Waals surface area contributed by atoms with E-state index < -0.39 is 16.1 Å². The third-order valence-electron chi connectivity index (χ3n) is 2.80. The van der Waals surface area contributed by atoms with Crippen molar-refractivity contribution in [3.05, 3.63) is 66.1 Å². The molecule has 0 saturated carbocycles. The van der Waals surface area contributed by atoms with Crippen LogP contribution in [0.4, 0.5) is 4.79 Å². The third kappa shape index (κ3) is 5.21. The molecule has 5 nitrogen and oxygen atoms in total. The summed E-state index contributed by atoms with van der Waals surface area (Å²) in [5, 5.41) is 0. The first-order valence-electron chi connectivity index (χ1n) is 6.67. The second-order valence-electron chi connectivity index (χ2n) is 4.56. The summed E-state index contributed by atoms with van der Waals surface area (Å²) in [6.07, 6.45) is 4.53. The standard InChI is InChI=1S/C16H20N2O3S/c1-4-11-18(12-5-2)16(19)17-22(20,21)14(3)13-15-9-7-6-8-10-15/h4-10,13H,1-2,11-12H2,3H3,(H,17,19). The van der Waals surface area contributed by atoms with Crippen molar-refractivity contribution in [1.82, 2.24) is 9.62 Å². The van der Waals surface area contributed by atoms with E-state index in [-0.39, 0.29) is 18.0 Å². The van der Waals surface area contributed by atoms with Crippen LogP contribution in [0.1, 0.15) is 12.5 Å². The van der Waals surface area contributed by atoms with Crippen molar-refractivity contribution < 1.29 is 13.2 Å². The SMILES string of the molecule is C=CCN(CC=C)C(=O)NS(=O)(=O)C(C)=Cc1ccccc1. The number of hydrogen-bond acceptors (Lipinski definition) is 3. The van der Waals surface area contributed by atoms with Gasteiger partial charge < -0.3 is 4.90 Å². The van der Waals surface area contributed by atoms with E-state index in [9.17, 15) is 13.2 Å². The van der Waals surface area contributed by atoms with E-state index in [0.717, 1.165) is 5.56 Å². The molecule has 1 rings (SSSR count). The molecule has 118 valence electrons. The van der Waals surface area contributed by atoms with Gasteiger partial charge >= 0.3 is 6.03 Å². The topological polar surface area (TPSA) is 66.5 Å². The Balaban J connectivity index is 2.90. The zero-order valence-electron chi connectivity index (χ0n) is 12.5. The number of benzene rings is 1. The fourth-order valence-corrected chi connectivity index (χ4v) is 2.48. The van der Waals surface area contributed by atoms with E-state index in [1.54, 1.807) is 24.3 Å². The van der Waals surface area contributed by atoms with Gasteiger partial charge in [0.25, 0.3) is 10.0 Å². The number of urea groups is 1. The number of rotatable bonds is 7. The Labute approximate surface area is 131 Å². The maximum Gasteiger partial charge on any atom is 0.331 e. The Hall–Kier alpha value is -2.34. The number of allylic oxidation sites excluding steroid dienone is 1. The molecule has 0 spiro atoms. The minimum Gasteiger partial charge on any atom is -0.317 e. The Morgan fingerprint density at radius 2 is 1.73 bits per heavy atom. The highest BCUT2D eigenvalue weighted by Gasteiger charge is 2.20. The molecular weight excluding hydrogens is 300 g/mol. The first kappa shape index (κ1) is 17.7. The van der Waals surface area contributed by atoms with Crippen molar-refractivity contribution in [2.45, 2.75) is 6.92 Å². The monoisotopic (exact) mass is 320 g/mol. The molecule has 0 bridgehead atoms. The lowest BCUT2D eigenvalue weighted by Gasteiger charge is -2.19. The van der Waals surface area contributed by atoms with Crippen LogP contribution in [0, 0.1) is 0 Å². The van der Waals surface area contributed by atoms with Gasteiger partial charge in [0.2, 0.25) is 0 Å². The number of sulfonamides is 1. The molecule has 6 heteroatoms. The second-order valence-corrected chi connectivity index (χ2v) is 6.41. The van der Waals surface area contributed by atoms with Gasteiger partial charge in [-0.3, -0.25) is 0 Å². The van der Waals surface area contributed by atoms with Gasteiger partial charge in [-0.25, -0.2) is 17.9 Å². The molecule has 0 aliphatic carbocycles. The van der Waals surface area contributed by atoms with Gasteiger partial charge in [-0.1, -0.05) is 42.5 Å². The minimum absolute atomic E-state index is 0.0595. The number of nitrogens with one attached hydrogen (secondary N) is 1. The smallest absolute Gasteiger partial charge is 0.317 e. The van der Waals surface area contributed by atoms with Gasteiger partial charge in [-0.05, 0) is 18.6 Å². The van der Waals surface area contributed by atoms with Crippen LogP contribution in [0.3, 0.4) is 0 Å². The summed E-state index contributed by atoms with van der Waals surface area (Å²) in [6, 6.07) is 8.30. The molecule has 22 heavy (non-hydrogen) atoms. The fourth-order valence-electron chi connectivity index (χ4n) is 1.67. The predicted molar refractivity (Wildman–Crippen MR) is 89.5 cm³/mol. The third-order valence-corrected chi connectivity index (χ3v) is 4.21. The summed E-state index contributed by atoms with van der Waals surface area (Å²) in [5.41, 5.74) is 0.742. The highest BCUT2D eigenvalue weighted by molar-refractivity contribution is 7.94. The van der Waals surface area contributed by atoms with E-state index in [1.807, 2.05) is 10.8 Å². The number of carbonyl (C=O) groups is 1. The summed E-state index contributed by atoms with van der Waals surface area (Å²) >= 11 is 0. The molecule has 0 aromatic heterocycles. The van der Waals surface area contributed by atoms with Gasteiger partial charge in [0, 0.05) is 13.1 Å². The van der Waals surface area contributed by atoms with Crippen molar-refractivity contribution >= 4 is 22.1 Å². The lowest BCUT2D eigenvalue weighted by molar-refractivity contribution is 0.214. The molecule has 1 aromatic rings. The summed E-state index contributed by atoms with van der Waals surface area (Å²) in [6.45, 7) is 8.97. The maximum atomic E-state index is 12.2. The minimum atomic E-state index is -3.89. The quantitative estimate of drug-likeness (QED) is 0.786. The largest absolute Gasteiger partial charge is 0.331 e.